The second kappa shape index (κ2) is 3.38. The molecule has 2 rings (SSSR count). The molecule has 0 radical (unpaired) electrons. The fourth-order valence-corrected chi connectivity index (χ4v) is 2.31. The minimum absolute atomic E-state index is 0.0230. The Morgan fingerprint density at radius 1 is 1.20 bits per heavy atom. The lowest BCUT2D eigenvalue weighted by molar-refractivity contribution is 0.659. The molecule has 0 bridgehead atoms. The molecule has 1 fully saturated rings. The van der Waals surface area contributed by atoms with E-state index >= 15 is 0 Å². The molecule has 1 aliphatic rings. The second-order valence-corrected chi connectivity index (χ2v) is 4.95. The van der Waals surface area contributed by atoms with E-state index in [0.717, 1.165) is 19.3 Å². The van der Waals surface area contributed by atoms with Gasteiger partial charge in [-0.3, -0.25) is 0 Å². The van der Waals surface area contributed by atoms with Crippen molar-refractivity contribution >= 4 is 0 Å². The minimum atomic E-state index is -0.0230. The quantitative estimate of drug-likeness (QED) is 0.715. The molecule has 0 N–H and O–H groups in total. The van der Waals surface area contributed by atoms with Gasteiger partial charge < -0.3 is 0 Å². The van der Waals surface area contributed by atoms with Crippen molar-refractivity contribution in [1.29, 1.82) is 5.26 Å². The third-order valence-corrected chi connectivity index (χ3v) is 3.45. The van der Waals surface area contributed by atoms with Crippen LogP contribution in [0.4, 0.5) is 0 Å². The van der Waals surface area contributed by atoms with Crippen LogP contribution in [0.1, 0.15) is 35.1 Å². The van der Waals surface area contributed by atoms with Gasteiger partial charge >= 0.3 is 0 Å². The van der Waals surface area contributed by atoms with E-state index in [1.807, 2.05) is 0 Å². The molecule has 1 nitrogen and oxygen atoms in total. The summed E-state index contributed by atoms with van der Waals surface area (Å²) < 4.78 is 0. The van der Waals surface area contributed by atoms with Crippen molar-refractivity contribution in [3.05, 3.63) is 34.4 Å². The summed E-state index contributed by atoms with van der Waals surface area (Å²) >= 11 is 0. The largest absolute Gasteiger partial charge is 0.198 e. The average Bonchev–Trinajstić information content (AvgIpc) is 2.92. The second-order valence-electron chi connectivity index (χ2n) is 4.95. The molecule has 0 spiro atoms. The van der Waals surface area contributed by atoms with Gasteiger partial charge in [-0.1, -0.05) is 17.7 Å². The zero-order chi connectivity index (χ0) is 11.1. The summed E-state index contributed by atoms with van der Waals surface area (Å²) in [4.78, 5) is 0. The Balaban J connectivity index is 2.33. The van der Waals surface area contributed by atoms with Gasteiger partial charge in [0, 0.05) is 0 Å². The minimum Gasteiger partial charge on any atom is -0.198 e. The Labute approximate surface area is 91.7 Å². The van der Waals surface area contributed by atoms with E-state index in [1.165, 1.54) is 22.3 Å². The lowest BCUT2D eigenvalue weighted by atomic mass is 9.90. The van der Waals surface area contributed by atoms with E-state index in [2.05, 4.69) is 39.0 Å². The predicted molar refractivity (Wildman–Crippen MR) is 61.6 cm³/mol. The summed E-state index contributed by atoms with van der Waals surface area (Å²) in [5, 5.41) is 9.10. The van der Waals surface area contributed by atoms with Crippen molar-refractivity contribution in [2.24, 2.45) is 5.41 Å². The highest BCUT2D eigenvalue weighted by Gasteiger charge is 2.43. The number of hydrogen-bond donors (Lipinski definition) is 0. The highest BCUT2D eigenvalue weighted by molar-refractivity contribution is 5.39. The SMILES string of the molecule is Cc1cc(C)c(CC2(C#N)CC2)c(C)c1. The molecule has 1 aliphatic carbocycles. The molecule has 15 heavy (non-hydrogen) atoms. The van der Waals surface area contributed by atoms with E-state index in [-0.39, 0.29) is 5.41 Å². The molecule has 0 atom stereocenters. The summed E-state index contributed by atoms with van der Waals surface area (Å²) in [6.45, 7) is 6.44. The van der Waals surface area contributed by atoms with Gasteiger partial charge in [-0.25, -0.2) is 0 Å². The zero-order valence-electron chi connectivity index (χ0n) is 9.72. The van der Waals surface area contributed by atoms with Crippen LogP contribution >= 0.6 is 0 Å². The Kier molecular flexibility index (Phi) is 2.31. The third-order valence-electron chi connectivity index (χ3n) is 3.45. The Bertz CT molecular complexity index is 410. The maximum atomic E-state index is 9.10. The smallest absolute Gasteiger partial charge is 0.0693 e. The molecule has 0 aromatic heterocycles. The Morgan fingerprint density at radius 2 is 1.73 bits per heavy atom. The average molecular weight is 199 g/mol. The van der Waals surface area contributed by atoms with E-state index in [4.69, 9.17) is 5.26 Å². The van der Waals surface area contributed by atoms with E-state index in [9.17, 15) is 0 Å². The Hall–Kier alpha value is -1.29. The third kappa shape index (κ3) is 1.90. The maximum absolute atomic E-state index is 9.10. The highest BCUT2D eigenvalue weighted by atomic mass is 14.5. The molecular formula is C14H17N. The van der Waals surface area contributed by atoms with Gasteiger partial charge in [0.15, 0.2) is 0 Å². The van der Waals surface area contributed by atoms with Crippen molar-refractivity contribution in [1.82, 2.24) is 0 Å². The van der Waals surface area contributed by atoms with Crippen LogP contribution in [-0.4, -0.2) is 0 Å². The monoisotopic (exact) mass is 199 g/mol. The van der Waals surface area contributed by atoms with Gasteiger partial charge in [-0.05, 0) is 56.7 Å². The standard InChI is InChI=1S/C14H17N/c1-10-6-11(2)13(12(3)7-10)8-14(9-15)4-5-14/h6-7H,4-5,8H2,1-3H3. The molecule has 0 amide bonds. The number of rotatable bonds is 2. The van der Waals surface area contributed by atoms with Gasteiger partial charge in [-0.2, -0.15) is 5.26 Å². The van der Waals surface area contributed by atoms with Gasteiger partial charge in [0.1, 0.15) is 0 Å². The summed E-state index contributed by atoms with van der Waals surface area (Å²) in [6, 6.07) is 6.91. The first kappa shape index (κ1) is 10.2. The van der Waals surface area contributed by atoms with Crippen LogP contribution in [0.2, 0.25) is 0 Å². The first-order valence-corrected chi connectivity index (χ1v) is 5.54. The van der Waals surface area contributed by atoms with E-state index < -0.39 is 0 Å². The summed E-state index contributed by atoms with van der Waals surface area (Å²) in [5.41, 5.74) is 5.36. The molecule has 0 aliphatic heterocycles. The van der Waals surface area contributed by atoms with Crippen molar-refractivity contribution in [2.45, 2.75) is 40.0 Å². The molecule has 0 saturated heterocycles. The summed E-state index contributed by atoms with van der Waals surface area (Å²) in [5.74, 6) is 0. The molecule has 1 aromatic rings. The van der Waals surface area contributed by atoms with Crippen molar-refractivity contribution in [2.75, 3.05) is 0 Å². The van der Waals surface area contributed by atoms with Crippen LogP contribution in [0.25, 0.3) is 0 Å². The topological polar surface area (TPSA) is 23.8 Å². The van der Waals surface area contributed by atoms with Crippen LogP contribution in [-0.2, 0) is 6.42 Å². The van der Waals surface area contributed by atoms with Crippen LogP contribution in [0, 0.1) is 37.5 Å². The van der Waals surface area contributed by atoms with Gasteiger partial charge in [0.25, 0.3) is 0 Å². The van der Waals surface area contributed by atoms with Crippen LogP contribution in [0.15, 0.2) is 12.1 Å². The zero-order valence-corrected chi connectivity index (χ0v) is 9.72. The lowest BCUT2D eigenvalue weighted by Gasteiger charge is -2.13. The predicted octanol–water partition coefficient (Wildman–Crippen LogP) is 3.46. The summed E-state index contributed by atoms with van der Waals surface area (Å²) in [7, 11) is 0. The van der Waals surface area contributed by atoms with Gasteiger partial charge in [-0.15, -0.1) is 0 Å². The number of benzene rings is 1. The molecule has 1 aromatic carbocycles. The fourth-order valence-electron chi connectivity index (χ4n) is 2.31. The lowest BCUT2D eigenvalue weighted by Crippen LogP contribution is -2.05. The number of hydrogen-bond acceptors (Lipinski definition) is 1. The maximum Gasteiger partial charge on any atom is 0.0693 e. The van der Waals surface area contributed by atoms with Crippen LogP contribution in [0.3, 0.4) is 0 Å². The van der Waals surface area contributed by atoms with Gasteiger partial charge in [0.2, 0.25) is 0 Å². The van der Waals surface area contributed by atoms with E-state index in [0.29, 0.717) is 0 Å². The van der Waals surface area contributed by atoms with Crippen LogP contribution in [0.5, 0.6) is 0 Å². The highest BCUT2D eigenvalue weighted by Crippen LogP contribution is 2.48. The van der Waals surface area contributed by atoms with Crippen molar-refractivity contribution in [3.63, 3.8) is 0 Å². The van der Waals surface area contributed by atoms with Crippen LogP contribution < -0.4 is 0 Å². The van der Waals surface area contributed by atoms with Crippen molar-refractivity contribution < 1.29 is 0 Å². The Morgan fingerprint density at radius 3 is 2.13 bits per heavy atom. The molecule has 1 saturated carbocycles. The number of nitrogens with zero attached hydrogens (tertiary/aromatic N) is 1. The molecule has 78 valence electrons. The molecule has 0 heterocycles. The molecular weight excluding hydrogens is 182 g/mol. The fraction of sp³-hybridized carbons (Fsp3) is 0.500. The normalized spacial score (nSPS) is 17.2. The number of aryl methyl sites for hydroxylation is 3. The number of nitriles is 1. The first-order chi connectivity index (χ1) is 7.06. The summed E-state index contributed by atoms with van der Waals surface area (Å²) in [6.07, 6.45) is 3.11. The van der Waals surface area contributed by atoms with E-state index in [1.54, 1.807) is 0 Å². The molecule has 0 unspecified atom stereocenters. The van der Waals surface area contributed by atoms with Crippen molar-refractivity contribution in [3.8, 4) is 6.07 Å². The molecule has 1 heteroatoms. The first-order valence-electron chi connectivity index (χ1n) is 5.54. The van der Waals surface area contributed by atoms with Gasteiger partial charge in [0.05, 0.1) is 11.5 Å².